The number of carbonyl (C=O) groups excluding carboxylic acids is 1. The van der Waals surface area contributed by atoms with Crippen LogP contribution < -0.4 is 0 Å². The van der Waals surface area contributed by atoms with Crippen LogP contribution in [-0.2, 0) is 17.6 Å². The van der Waals surface area contributed by atoms with Crippen molar-refractivity contribution in [2.45, 2.75) is 25.7 Å². The zero-order chi connectivity index (χ0) is 15.9. The Morgan fingerprint density at radius 3 is 1.87 bits per heavy atom. The lowest BCUT2D eigenvalue weighted by Crippen LogP contribution is -2.02. The van der Waals surface area contributed by atoms with Gasteiger partial charge in [-0.2, -0.15) is 0 Å². The van der Waals surface area contributed by atoms with Gasteiger partial charge in [-0.1, -0.05) is 42.5 Å². The van der Waals surface area contributed by atoms with Gasteiger partial charge in [-0.05, 0) is 48.2 Å². The normalized spacial score (nSPS) is 10.6. The first-order valence-electron chi connectivity index (χ1n) is 8.09. The number of hydrogen-bond donors (Lipinski definition) is 0. The summed E-state index contributed by atoms with van der Waals surface area (Å²) in [5.74, 6) is 0.336. The number of rotatable bonds is 7. The van der Waals surface area contributed by atoms with Crippen LogP contribution in [0.4, 0.5) is 0 Å². The zero-order valence-electron chi connectivity index (χ0n) is 13.2. The van der Waals surface area contributed by atoms with Crippen molar-refractivity contribution in [1.82, 2.24) is 4.57 Å². The van der Waals surface area contributed by atoms with E-state index in [0.29, 0.717) is 18.6 Å². The molecule has 0 bridgehead atoms. The smallest absolute Gasteiger partial charge is 0.133 e. The summed E-state index contributed by atoms with van der Waals surface area (Å²) < 4.78 is 2.08. The van der Waals surface area contributed by atoms with Crippen molar-refractivity contribution in [3.8, 4) is 5.69 Å². The largest absolute Gasteiger partial charge is 0.324 e. The van der Waals surface area contributed by atoms with Gasteiger partial charge in [0.2, 0.25) is 0 Å². The van der Waals surface area contributed by atoms with Crippen LogP contribution in [0, 0.1) is 0 Å². The molecule has 3 aromatic rings. The molecule has 0 saturated carbocycles. The highest BCUT2D eigenvalue weighted by molar-refractivity contribution is 5.78. The maximum absolute atomic E-state index is 12.0. The molecular formula is C21H21NO. The Labute approximate surface area is 137 Å². The van der Waals surface area contributed by atoms with Crippen molar-refractivity contribution >= 4 is 5.78 Å². The molecule has 2 nitrogen and oxygen atoms in total. The van der Waals surface area contributed by atoms with E-state index in [1.165, 1.54) is 11.1 Å². The standard InChI is InChI=1S/C21H21NO/c23-21(14-10-18-6-2-1-3-7-18)15-11-19-8-12-20(13-9-19)22-16-4-5-17-22/h1-9,12-13,16-17H,10-11,14-15H2. The van der Waals surface area contributed by atoms with Crippen molar-refractivity contribution < 1.29 is 4.79 Å². The van der Waals surface area contributed by atoms with Crippen LogP contribution in [0.1, 0.15) is 24.0 Å². The summed E-state index contributed by atoms with van der Waals surface area (Å²) in [6, 6.07) is 22.6. The number of hydrogen-bond acceptors (Lipinski definition) is 1. The fraction of sp³-hybridized carbons (Fsp3) is 0.190. The summed E-state index contributed by atoms with van der Waals surface area (Å²) in [5.41, 5.74) is 3.60. The highest BCUT2D eigenvalue weighted by atomic mass is 16.1. The van der Waals surface area contributed by atoms with Gasteiger partial charge in [-0.25, -0.2) is 0 Å². The molecule has 0 unspecified atom stereocenters. The second kappa shape index (κ2) is 7.59. The number of benzene rings is 2. The Bertz CT molecular complexity index is 727. The quantitative estimate of drug-likeness (QED) is 0.624. The Hall–Kier alpha value is -2.61. The first kappa shape index (κ1) is 15.3. The lowest BCUT2D eigenvalue weighted by Gasteiger charge is -2.05. The van der Waals surface area contributed by atoms with E-state index in [2.05, 4.69) is 41.0 Å². The molecule has 0 atom stereocenters. The average molecular weight is 303 g/mol. The lowest BCUT2D eigenvalue weighted by atomic mass is 10.0. The molecule has 0 spiro atoms. The summed E-state index contributed by atoms with van der Waals surface area (Å²) >= 11 is 0. The molecule has 0 saturated heterocycles. The molecule has 3 rings (SSSR count). The second-order valence-corrected chi connectivity index (χ2v) is 5.78. The van der Waals surface area contributed by atoms with Crippen molar-refractivity contribution in [3.63, 3.8) is 0 Å². The van der Waals surface area contributed by atoms with E-state index < -0.39 is 0 Å². The minimum Gasteiger partial charge on any atom is -0.324 e. The molecule has 0 aliphatic rings. The van der Waals surface area contributed by atoms with Crippen molar-refractivity contribution in [2.24, 2.45) is 0 Å². The lowest BCUT2D eigenvalue weighted by molar-refractivity contribution is -0.119. The molecule has 1 aromatic heterocycles. The maximum atomic E-state index is 12.0. The van der Waals surface area contributed by atoms with Crippen LogP contribution in [0.25, 0.3) is 5.69 Å². The van der Waals surface area contributed by atoms with Crippen LogP contribution in [0.5, 0.6) is 0 Å². The molecule has 23 heavy (non-hydrogen) atoms. The number of aryl methyl sites for hydroxylation is 2. The number of Topliss-reactive ketones (excluding diaryl/α,β-unsaturated/α-hetero) is 1. The predicted molar refractivity (Wildman–Crippen MR) is 93.9 cm³/mol. The van der Waals surface area contributed by atoms with E-state index in [9.17, 15) is 4.79 Å². The van der Waals surface area contributed by atoms with Crippen LogP contribution in [0.2, 0.25) is 0 Å². The van der Waals surface area contributed by atoms with Gasteiger partial charge in [0.25, 0.3) is 0 Å². The fourth-order valence-electron chi connectivity index (χ4n) is 2.68. The van der Waals surface area contributed by atoms with Crippen LogP contribution in [0.15, 0.2) is 79.1 Å². The van der Waals surface area contributed by atoms with Crippen LogP contribution >= 0.6 is 0 Å². The molecule has 2 heteroatoms. The summed E-state index contributed by atoms with van der Waals surface area (Å²) in [6.45, 7) is 0. The van der Waals surface area contributed by atoms with E-state index in [0.717, 1.165) is 18.5 Å². The average Bonchev–Trinajstić information content (AvgIpc) is 3.14. The van der Waals surface area contributed by atoms with Gasteiger partial charge >= 0.3 is 0 Å². The topological polar surface area (TPSA) is 22.0 Å². The number of ketones is 1. The molecular weight excluding hydrogens is 282 g/mol. The molecule has 0 amide bonds. The maximum Gasteiger partial charge on any atom is 0.133 e. The Kier molecular flexibility index (Phi) is 5.05. The van der Waals surface area contributed by atoms with E-state index in [4.69, 9.17) is 0 Å². The SMILES string of the molecule is O=C(CCc1ccccc1)CCc1ccc(-n2cccc2)cc1. The molecule has 0 aliphatic heterocycles. The van der Waals surface area contributed by atoms with Gasteiger partial charge in [0, 0.05) is 30.9 Å². The minimum absolute atomic E-state index is 0.336. The summed E-state index contributed by atoms with van der Waals surface area (Å²) in [7, 11) is 0. The fourth-order valence-corrected chi connectivity index (χ4v) is 2.68. The van der Waals surface area contributed by atoms with Gasteiger partial charge in [-0.3, -0.25) is 4.79 Å². The third kappa shape index (κ3) is 4.43. The van der Waals surface area contributed by atoms with Crippen molar-refractivity contribution in [1.29, 1.82) is 0 Å². The van der Waals surface area contributed by atoms with Gasteiger partial charge in [0.1, 0.15) is 5.78 Å². The van der Waals surface area contributed by atoms with Gasteiger partial charge < -0.3 is 4.57 Å². The van der Waals surface area contributed by atoms with Gasteiger partial charge in [0.15, 0.2) is 0 Å². The molecule has 2 aromatic carbocycles. The Morgan fingerprint density at radius 1 is 0.696 bits per heavy atom. The molecule has 0 fully saturated rings. The number of nitrogens with zero attached hydrogens (tertiary/aromatic N) is 1. The number of aromatic nitrogens is 1. The van der Waals surface area contributed by atoms with Crippen molar-refractivity contribution in [2.75, 3.05) is 0 Å². The highest BCUT2D eigenvalue weighted by Crippen LogP contribution is 2.12. The molecule has 116 valence electrons. The van der Waals surface area contributed by atoms with Crippen LogP contribution in [0.3, 0.4) is 0 Å². The summed E-state index contributed by atoms with van der Waals surface area (Å²) in [4.78, 5) is 12.0. The van der Waals surface area contributed by atoms with E-state index in [-0.39, 0.29) is 0 Å². The van der Waals surface area contributed by atoms with Gasteiger partial charge in [0.05, 0.1) is 0 Å². The molecule has 0 N–H and O–H groups in total. The minimum atomic E-state index is 0.336. The first-order valence-corrected chi connectivity index (χ1v) is 8.09. The van der Waals surface area contributed by atoms with E-state index >= 15 is 0 Å². The van der Waals surface area contributed by atoms with E-state index in [1.54, 1.807) is 0 Å². The van der Waals surface area contributed by atoms with Crippen LogP contribution in [-0.4, -0.2) is 10.4 Å². The van der Waals surface area contributed by atoms with Gasteiger partial charge in [-0.15, -0.1) is 0 Å². The summed E-state index contributed by atoms with van der Waals surface area (Å²) in [5, 5.41) is 0. The predicted octanol–water partition coefficient (Wildman–Crippen LogP) is 4.61. The second-order valence-electron chi connectivity index (χ2n) is 5.78. The van der Waals surface area contributed by atoms with Crippen molar-refractivity contribution in [3.05, 3.63) is 90.3 Å². The third-order valence-electron chi connectivity index (χ3n) is 4.07. The first-order chi connectivity index (χ1) is 11.3. The molecule has 1 heterocycles. The van der Waals surface area contributed by atoms with E-state index in [1.807, 2.05) is 42.7 Å². The summed E-state index contributed by atoms with van der Waals surface area (Å²) in [6.07, 6.45) is 6.97. The molecule has 0 radical (unpaired) electrons. The monoisotopic (exact) mass is 303 g/mol. The Morgan fingerprint density at radius 2 is 1.26 bits per heavy atom. The third-order valence-corrected chi connectivity index (χ3v) is 4.07. The number of carbonyl (C=O) groups is 1. The molecule has 0 aliphatic carbocycles. The highest BCUT2D eigenvalue weighted by Gasteiger charge is 2.04. The Balaban J connectivity index is 1.47. The zero-order valence-corrected chi connectivity index (χ0v) is 13.2.